The normalized spacial score (nSPS) is 10.7. The molecule has 0 aliphatic heterocycles. The van der Waals surface area contributed by atoms with Crippen LogP contribution in [0.4, 0.5) is 0 Å². The van der Waals surface area contributed by atoms with Gasteiger partial charge in [-0.25, -0.2) is 4.98 Å². The highest BCUT2D eigenvalue weighted by Crippen LogP contribution is 2.14. The summed E-state index contributed by atoms with van der Waals surface area (Å²) in [6.45, 7) is 0.489. The number of aromatic nitrogens is 3. The second-order valence-corrected chi connectivity index (χ2v) is 5.86. The van der Waals surface area contributed by atoms with E-state index < -0.39 is 0 Å². The van der Waals surface area contributed by atoms with Crippen LogP contribution in [0.1, 0.15) is 5.82 Å². The summed E-state index contributed by atoms with van der Waals surface area (Å²) < 4.78 is 2.00. The molecule has 0 saturated heterocycles. The van der Waals surface area contributed by atoms with Gasteiger partial charge < -0.3 is 17.4 Å². The first-order valence-electron chi connectivity index (χ1n) is 7.25. The number of hydrogen-bond acceptors (Lipinski definition) is 2. The van der Waals surface area contributed by atoms with Crippen LogP contribution in [0.3, 0.4) is 0 Å². The number of halogens is 2. The second kappa shape index (κ2) is 6.59. The smallest absolute Gasteiger partial charge is 0.258 e. The highest BCUT2D eigenvalue weighted by Gasteiger charge is 2.09. The first-order chi connectivity index (χ1) is 11.2. The monoisotopic (exact) mass is 357 g/mol. The van der Waals surface area contributed by atoms with Gasteiger partial charge in [-0.15, -0.1) is 0 Å². The average Bonchev–Trinajstić information content (AvgIpc) is 2.54. The molecule has 6 heteroatoms. The molecule has 0 radical (unpaired) electrons. The van der Waals surface area contributed by atoms with Crippen molar-refractivity contribution in [1.82, 2.24) is 9.97 Å². The Morgan fingerprint density at radius 2 is 1.88 bits per heavy atom. The van der Waals surface area contributed by atoms with Crippen LogP contribution in [0.15, 0.2) is 65.7 Å². The Morgan fingerprint density at radius 3 is 2.71 bits per heavy atom. The lowest BCUT2D eigenvalue weighted by molar-refractivity contribution is -0.688. The molecular formula is C18H13Cl2N3O. The van der Waals surface area contributed by atoms with E-state index in [2.05, 4.69) is 22.1 Å². The maximum atomic E-state index is 12.2. The van der Waals surface area contributed by atoms with E-state index in [1.54, 1.807) is 18.2 Å². The van der Waals surface area contributed by atoms with E-state index in [1.807, 2.05) is 35.2 Å². The predicted molar refractivity (Wildman–Crippen MR) is 90.6 cm³/mol. The zero-order valence-corrected chi connectivity index (χ0v) is 14.1. The van der Waals surface area contributed by atoms with Gasteiger partial charge in [-0.1, -0.05) is 29.8 Å². The van der Waals surface area contributed by atoms with Crippen molar-refractivity contribution in [3.8, 4) is 0 Å². The zero-order valence-electron chi connectivity index (χ0n) is 12.5. The van der Waals surface area contributed by atoms with Crippen LogP contribution in [0.5, 0.6) is 0 Å². The van der Waals surface area contributed by atoms with Crippen molar-refractivity contribution < 1.29 is 17.0 Å². The number of nitrogens with zero attached hydrogens (tertiary/aromatic N) is 2. The molecule has 0 spiro atoms. The van der Waals surface area contributed by atoms with Crippen LogP contribution in [0.2, 0.25) is 5.02 Å². The van der Waals surface area contributed by atoms with Gasteiger partial charge in [-0.2, -0.15) is 4.57 Å². The van der Waals surface area contributed by atoms with Crippen molar-refractivity contribution in [2.75, 3.05) is 0 Å². The summed E-state index contributed by atoms with van der Waals surface area (Å²) in [7, 11) is 0. The van der Waals surface area contributed by atoms with Crippen molar-refractivity contribution in [1.29, 1.82) is 0 Å². The summed E-state index contributed by atoms with van der Waals surface area (Å²) in [6.07, 6.45) is 4.02. The highest BCUT2D eigenvalue weighted by molar-refractivity contribution is 6.31. The summed E-state index contributed by atoms with van der Waals surface area (Å²) >= 11 is 5.99. The van der Waals surface area contributed by atoms with E-state index in [1.165, 1.54) is 5.39 Å². The first-order valence-corrected chi connectivity index (χ1v) is 7.63. The van der Waals surface area contributed by atoms with Crippen LogP contribution in [0, 0.1) is 0 Å². The number of H-pyrrole nitrogens is 1. The van der Waals surface area contributed by atoms with Gasteiger partial charge in [-0.05, 0) is 29.7 Å². The third-order valence-corrected chi connectivity index (χ3v) is 4.03. The third-order valence-electron chi connectivity index (χ3n) is 3.80. The first kappa shape index (κ1) is 16.4. The molecule has 1 N–H and O–H groups in total. The third kappa shape index (κ3) is 3.11. The molecule has 120 valence electrons. The molecule has 4 aromatic rings. The molecule has 2 heterocycles. The molecule has 4 nitrogen and oxygen atoms in total. The van der Waals surface area contributed by atoms with Gasteiger partial charge in [0, 0.05) is 16.5 Å². The average molecular weight is 358 g/mol. The summed E-state index contributed by atoms with van der Waals surface area (Å²) in [5.74, 6) is 0.602. The SMILES string of the molecule is O=c1[nH]c(C[n+]2ccc3ccccc3c2)nc2cc(Cl)ccc12.[Cl-]. The van der Waals surface area contributed by atoms with Gasteiger partial charge in [0.1, 0.15) is 0 Å². The van der Waals surface area contributed by atoms with Crippen LogP contribution >= 0.6 is 11.6 Å². The summed E-state index contributed by atoms with van der Waals surface area (Å²) in [6, 6.07) is 15.3. The summed E-state index contributed by atoms with van der Waals surface area (Å²) in [5, 5.41) is 3.43. The van der Waals surface area contributed by atoms with Crippen molar-refractivity contribution in [2.24, 2.45) is 0 Å². The number of rotatable bonds is 2. The molecule has 0 unspecified atom stereocenters. The fourth-order valence-electron chi connectivity index (χ4n) is 2.69. The highest BCUT2D eigenvalue weighted by atomic mass is 35.5. The Kier molecular flexibility index (Phi) is 4.51. The van der Waals surface area contributed by atoms with Crippen molar-refractivity contribution in [2.45, 2.75) is 6.54 Å². The lowest BCUT2D eigenvalue weighted by Gasteiger charge is -2.02. The quantitative estimate of drug-likeness (QED) is 0.516. The molecule has 0 saturated carbocycles. The van der Waals surface area contributed by atoms with E-state index >= 15 is 0 Å². The molecule has 0 aliphatic rings. The Labute approximate surface area is 149 Å². The maximum Gasteiger partial charge on any atom is 0.258 e. The van der Waals surface area contributed by atoms with Gasteiger partial charge in [0.2, 0.25) is 6.54 Å². The molecule has 4 rings (SSSR count). The predicted octanol–water partition coefficient (Wildman–Crippen LogP) is 0.0695. The standard InChI is InChI=1S/C18H12ClN3O.ClH/c19-14-5-6-15-16(9-14)20-17(21-18(15)23)11-22-8-7-12-3-1-2-4-13(12)10-22;/h1-10H,11H2;1H. The molecular weight excluding hydrogens is 345 g/mol. The topological polar surface area (TPSA) is 49.6 Å². The van der Waals surface area contributed by atoms with Crippen molar-refractivity contribution >= 4 is 33.3 Å². The van der Waals surface area contributed by atoms with Crippen LogP contribution < -0.4 is 22.5 Å². The van der Waals surface area contributed by atoms with Crippen molar-refractivity contribution in [3.63, 3.8) is 0 Å². The Hall–Kier alpha value is -2.43. The number of aromatic amines is 1. The zero-order chi connectivity index (χ0) is 15.8. The lowest BCUT2D eigenvalue weighted by atomic mass is 10.2. The maximum absolute atomic E-state index is 12.2. The Morgan fingerprint density at radius 1 is 1.08 bits per heavy atom. The molecule has 24 heavy (non-hydrogen) atoms. The lowest BCUT2D eigenvalue weighted by Crippen LogP contribution is -3.00. The van der Waals surface area contributed by atoms with E-state index in [0.29, 0.717) is 28.3 Å². The van der Waals surface area contributed by atoms with Gasteiger partial charge in [0.15, 0.2) is 18.2 Å². The summed E-state index contributed by atoms with van der Waals surface area (Å²) in [5.41, 5.74) is 0.459. The van der Waals surface area contributed by atoms with Crippen molar-refractivity contribution in [3.05, 3.63) is 82.1 Å². The number of pyridine rings is 1. The van der Waals surface area contributed by atoms with E-state index in [-0.39, 0.29) is 18.0 Å². The van der Waals surface area contributed by atoms with Gasteiger partial charge in [0.25, 0.3) is 5.56 Å². The van der Waals surface area contributed by atoms with E-state index in [0.717, 1.165) is 5.39 Å². The molecule has 0 fully saturated rings. The van der Waals surface area contributed by atoms with E-state index in [9.17, 15) is 4.79 Å². The van der Waals surface area contributed by atoms with Gasteiger partial charge in [-0.3, -0.25) is 4.79 Å². The Balaban J connectivity index is 0.00000169. The molecule has 2 aromatic carbocycles. The van der Waals surface area contributed by atoms with Crippen LogP contribution in [0.25, 0.3) is 21.7 Å². The molecule has 0 atom stereocenters. The van der Waals surface area contributed by atoms with Crippen LogP contribution in [-0.2, 0) is 6.54 Å². The number of benzene rings is 2. The molecule has 0 aliphatic carbocycles. The molecule has 0 bridgehead atoms. The molecule has 0 amide bonds. The minimum Gasteiger partial charge on any atom is -1.00 e. The van der Waals surface area contributed by atoms with Gasteiger partial charge in [0.05, 0.1) is 10.9 Å². The fraction of sp³-hybridized carbons (Fsp3) is 0.0556. The van der Waals surface area contributed by atoms with E-state index in [4.69, 9.17) is 11.6 Å². The van der Waals surface area contributed by atoms with Gasteiger partial charge >= 0.3 is 0 Å². The number of fused-ring (bicyclic) bond motifs is 2. The second-order valence-electron chi connectivity index (χ2n) is 5.42. The number of hydrogen-bond donors (Lipinski definition) is 1. The minimum absolute atomic E-state index is 0. The van der Waals surface area contributed by atoms with Crippen LogP contribution in [-0.4, -0.2) is 9.97 Å². The molecule has 2 aromatic heterocycles. The number of nitrogens with one attached hydrogen (secondary N) is 1. The summed E-state index contributed by atoms with van der Waals surface area (Å²) in [4.78, 5) is 19.5. The fourth-order valence-corrected chi connectivity index (χ4v) is 2.85. The minimum atomic E-state index is -0.150. The Bertz CT molecular complexity index is 1090. The largest absolute Gasteiger partial charge is 1.00 e.